The molecule has 1 aliphatic rings. The number of nitrogens with one attached hydrogen (secondary N) is 2. The van der Waals surface area contributed by atoms with E-state index in [1.54, 1.807) is 31.2 Å². The van der Waals surface area contributed by atoms with Gasteiger partial charge in [0.1, 0.15) is 5.38 Å². The largest absolute Gasteiger partial charge is 0.354 e. The third-order valence-corrected chi connectivity index (χ3v) is 3.75. The van der Waals surface area contributed by atoms with Crippen LogP contribution < -0.4 is 10.6 Å². The zero-order valence-electron chi connectivity index (χ0n) is 13.2. The zero-order valence-corrected chi connectivity index (χ0v) is 13.9. The minimum atomic E-state index is -0.630. The van der Waals surface area contributed by atoms with Crippen molar-refractivity contribution in [2.75, 3.05) is 19.6 Å². The fourth-order valence-electron chi connectivity index (χ4n) is 2.27. The van der Waals surface area contributed by atoms with Crippen molar-refractivity contribution < 1.29 is 19.2 Å². The Bertz CT molecular complexity index is 640. The highest BCUT2D eigenvalue weighted by atomic mass is 35.5. The molecule has 0 aromatic heterocycles. The molecular formula is C16H18ClN3O4. The normalized spacial score (nSPS) is 14.3. The van der Waals surface area contributed by atoms with E-state index in [9.17, 15) is 19.2 Å². The van der Waals surface area contributed by atoms with Crippen LogP contribution in [0.15, 0.2) is 24.3 Å². The summed E-state index contributed by atoms with van der Waals surface area (Å²) < 4.78 is 0. The van der Waals surface area contributed by atoms with Gasteiger partial charge in [-0.2, -0.15) is 0 Å². The van der Waals surface area contributed by atoms with Gasteiger partial charge in [-0.15, -0.1) is 11.6 Å². The number of carbonyl (C=O) groups excluding carboxylic acids is 4. The number of amides is 4. The molecule has 0 aliphatic carbocycles. The lowest BCUT2D eigenvalue weighted by atomic mass is 10.1. The standard InChI is InChI=1S/C16H18ClN3O4/c1-10(17)14(22)19-8-7-18-13(21)6-9-20-15(23)11-4-2-3-5-12(11)16(20)24/h2-5,10H,6-9H2,1H3,(H,18,21)(H,19,22). The maximum Gasteiger partial charge on any atom is 0.261 e. The minimum absolute atomic E-state index is 0.00528. The molecule has 0 saturated heterocycles. The Balaban J connectivity index is 1.74. The van der Waals surface area contributed by atoms with Gasteiger partial charge in [-0.05, 0) is 19.1 Å². The summed E-state index contributed by atoms with van der Waals surface area (Å²) in [5, 5.41) is 4.53. The Morgan fingerprint density at radius 3 is 2.17 bits per heavy atom. The molecule has 0 fully saturated rings. The fourth-order valence-corrected chi connectivity index (χ4v) is 2.35. The Kier molecular flexibility index (Phi) is 5.92. The van der Waals surface area contributed by atoms with Crippen molar-refractivity contribution in [3.63, 3.8) is 0 Å². The van der Waals surface area contributed by atoms with Gasteiger partial charge in [-0.25, -0.2) is 0 Å². The molecule has 0 saturated carbocycles. The quantitative estimate of drug-likeness (QED) is 0.425. The van der Waals surface area contributed by atoms with E-state index in [1.807, 2.05) is 0 Å². The number of rotatable bonds is 7. The number of hydrogen-bond donors (Lipinski definition) is 2. The molecule has 1 atom stereocenters. The highest BCUT2D eigenvalue weighted by molar-refractivity contribution is 6.30. The first-order valence-electron chi connectivity index (χ1n) is 7.55. The number of carbonyl (C=O) groups is 4. The molecule has 7 nitrogen and oxygen atoms in total. The van der Waals surface area contributed by atoms with Crippen LogP contribution in [0.1, 0.15) is 34.1 Å². The average Bonchev–Trinajstić information content (AvgIpc) is 2.81. The molecule has 0 bridgehead atoms. The van der Waals surface area contributed by atoms with E-state index in [-0.39, 0.29) is 49.7 Å². The highest BCUT2D eigenvalue weighted by Crippen LogP contribution is 2.22. The van der Waals surface area contributed by atoms with Crippen LogP contribution in [0.25, 0.3) is 0 Å². The maximum absolute atomic E-state index is 12.1. The van der Waals surface area contributed by atoms with E-state index in [4.69, 9.17) is 11.6 Å². The van der Waals surface area contributed by atoms with Gasteiger partial charge in [0.2, 0.25) is 11.8 Å². The number of benzene rings is 1. The van der Waals surface area contributed by atoms with E-state index < -0.39 is 5.38 Å². The first-order chi connectivity index (χ1) is 11.4. The molecule has 1 heterocycles. The molecule has 8 heteroatoms. The molecule has 4 amide bonds. The molecule has 0 radical (unpaired) electrons. The number of halogens is 1. The van der Waals surface area contributed by atoms with Gasteiger partial charge in [0, 0.05) is 26.1 Å². The van der Waals surface area contributed by atoms with E-state index in [2.05, 4.69) is 10.6 Å². The van der Waals surface area contributed by atoms with Gasteiger partial charge < -0.3 is 10.6 Å². The molecular weight excluding hydrogens is 334 g/mol. The van der Waals surface area contributed by atoms with Crippen LogP contribution in [-0.2, 0) is 9.59 Å². The van der Waals surface area contributed by atoms with E-state index in [1.165, 1.54) is 0 Å². The summed E-state index contributed by atoms with van der Waals surface area (Å²) in [6, 6.07) is 6.57. The summed E-state index contributed by atoms with van der Waals surface area (Å²) in [4.78, 5) is 48.3. The fraction of sp³-hybridized carbons (Fsp3) is 0.375. The van der Waals surface area contributed by atoms with Crippen molar-refractivity contribution in [1.82, 2.24) is 15.5 Å². The highest BCUT2D eigenvalue weighted by Gasteiger charge is 2.34. The van der Waals surface area contributed by atoms with Crippen molar-refractivity contribution in [1.29, 1.82) is 0 Å². The van der Waals surface area contributed by atoms with Crippen molar-refractivity contribution in [3.8, 4) is 0 Å². The van der Waals surface area contributed by atoms with Crippen LogP contribution in [0.2, 0.25) is 0 Å². The molecule has 0 spiro atoms. The lowest BCUT2D eigenvalue weighted by Gasteiger charge is -2.13. The van der Waals surface area contributed by atoms with Crippen molar-refractivity contribution in [3.05, 3.63) is 35.4 Å². The molecule has 24 heavy (non-hydrogen) atoms. The second-order valence-corrected chi connectivity index (χ2v) is 5.97. The van der Waals surface area contributed by atoms with Gasteiger partial charge in [0.05, 0.1) is 11.1 Å². The van der Waals surface area contributed by atoms with Crippen LogP contribution in [0, 0.1) is 0 Å². The van der Waals surface area contributed by atoms with Crippen LogP contribution in [-0.4, -0.2) is 53.5 Å². The number of alkyl halides is 1. The van der Waals surface area contributed by atoms with Crippen LogP contribution in [0.4, 0.5) is 0 Å². The second kappa shape index (κ2) is 7.92. The Labute approximate surface area is 144 Å². The van der Waals surface area contributed by atoms with Gasteiger partial charge in [-0.3, -0.25) is 24.1 Å². The Morgan fingerprint density at radius 2 is 1.62 bits per heavy atom. The van der Waals surface area contributed by atoms with Crippen LogP contribution >= 0.6 is 11.6 Å². The summed E-state index contributed by atoms with van der Waals surface area (Å²) in [5.41, 5.74) is 0.724. The lowest BCUT2D eigenvalue weighted by molar-refractivity contribution is -0.122. The predicted octanol–water partition coefficient (Wildman–Crippen LogP) is 0.532. The summed E-state index contributed by atoms with van der Waals surface area (Å²) >= 11 is 5.59. The average molecular weight is 352 g/mol. The number of imide groups is 1. The third-order valence-electron chi connectivity index (χ3n) is 3.55. The molecule has 2 N–H and O–H groups in total. The predicted molar refractivity (Wildman–Crippen MR) is 87.8 cm³/mol. The summed E-state index contributed by atoms with van der Waals surface area (Å²) in [6.45, 7) is 2.08. The van der Waals surface area contributed by atoms with Crippen molar-refractivity contribution >= 4 is 35.2 Å². The molecule has 128 valence electrons. The second-order valence-electron chi connectivity index (χ2n) is 5.31. The number of nitrogens with zero attached hydrogens (tertiary/aromatic N) is 1. The zero-order chi connectivity index (χ0) is 17.7. The van der Waals surface area contributed by atoms with E-state index in [0.29, 0.717) is 11.1 Å². The SMILES string of the molecule is CC(Cl)C(=O)NCCNC(=O)CCN1C(=O)c2ccccc2C1=O. The molecule has 2 rings (SSSR count). The van der Waals surface area contributed by atoms with E-state index in [0.717, 1.165) is 4.90 Å². The van der Waals surface area contributed by atoms with Crippen molar-refractivity contribution in [2.45, 2.75) is 18.7 Å². The minimum Gasteiger partial charge on any atom is -0.354 e. The number of fused-ring (bicyclic) bond motifs is 1. The smallest absolute Gasteiger partial charge is 0.261 e. The third kappa shape index (κ3) is 4.11. The van der Waals surface area contributed by atoms with E-state index >= 15 is 0 Å². The van der Waals surface area contributed by atoms with Crippen LogP contribution in [0.3, 0.4) is 0 Å². The summed E-state index contributed by atoms with van der Waals surface area (Å²) in [7, 11) is 0. The molecule has 1 aromatic rings. The maximum atomic E-state index is 12.1. The van der Waals surface area contributed by atoms with Crippen molar-refractivity contribution in [2.24, 2.45) is 0 Å². The van der Waals surface area contributed by atoms with Gasteiger partial charge in [0.15, 0.2) is 0 Å². The van der Waals surface area contributed by atoms with Gasteiger partial charge >= 0.3 is 0 Å². The topological polar surface area (TPSA) is 95.6 Å². The monoisotopic (exact) mass is 351 g/mol. The van der Waals surface area contributed by atoms with Gasteiger partial charge in [-0.1, -0.05) is 12.1 Å². The first kappa shape index (κ1) is 17.9. The first-order valence-corrected chi connectivity index (χ1v) is 7.99. The molecule has 1 aliphatic heterocycles. The molecule has 1 unspecified atom stereocenters. The summed E-state index contributed by atoms with van der Waals surface area (Å²) in [6.07, 6.45) is 0.00528. The van der Waals surface area contributed by atoms with Gasteiger partial charge in [0.25, 0.3) is 11.8 Å². The molecule has 1 aromatic carbocycles. The lowest BCUT2D eigenvalue weighted by Crippen LogP contribution is -2.39. The van der Waals surface area contributed by atoms with Crippen LogP contribution in [0.5, 0.6) is 0 Å². The Morgan fingerprint density at radius 1 is 1.08 bits per heavy atom. The Hall–Kier alpha value is -2.41. The number of hydrogen-bond acceptors (Lipinski definition) is 4. The summed E-state index contributed by atoms with van der Waals surface area (Å²) in [5.74, 6) is -1.38.